The number of sulfonamides is 1. The molecular formula is C22H27N3O3S2. The van der Waals surface area contributed by atoms with Gasteiger partial charge in [-0.3, -0.25) is 4.79 Å². The first-order valence-electron chi connectivity index (χ1n) is 10.3. The third-order valence-electron chi connectivity index (χ3n) is 6.07. The third kappa shape index (κ3) is 3.79. The van der Waals surface area contributed by atoms with E-state index in [0.717, 1.165) is 46.9 Å². The Balaban J connectivity index is 1.72. The number of nitrogens with two attached hydrogens (primary N) is 1. The Morgan fingerprint density at radius 3 is 2.53 bits per heavy atom. The second-order valence-electron chi connectivity index (χ2n) is 7.78. The van der Waals surface area contributed by atoms with Gasteiger partial charge in [-0.05, 0) is 72.4 Å². The van der Waals surface area contributed by atoms with Crippen LogP contribution in [0.1, 0.15) is 53.4 Å². The van der Waals surface area contributed by atoms with E-state index in [1.807, 2.05) is 12.3 Å². The van der Waals surface area contributed by atoms with Crippen molar-refractivity contribution in [1.29, 1.82) is 0 Å². The molecule has 1 aliphatic heterocycles. The first kappa shape index (κ1) is 21.1. The van der Waals surface area contributed by atoms with E-state index in [0.29, 0.717) is 18.7 Å². The van der Waals surface area contributed by atoms with Crippen molar-refractivity contribution in [2.45, 2.75) is 39.0 Å². The number of primary amides is 1. The van der Waals surface area contributed by atoms with Crippen molar-refractivity contribution in [3.63, 3.8) is 0 Å². The number of benzene rings is 1. The van der Waals surface area contributed by atoms with Gasteiger partial charge in [-0.2, -0.15) is 0 Å². The number of thiophene rings is 1. The number of H-pyrrole nitrogens is 1. The van der Waals surface area contributed by atoms with Crippen molar-refractivity contribution in [3.05, 3.63) is 45.8 Å². The van der Waals surface area contributed by atoms with Crippen LogP contribution in [0, 0.1) is 0 Å². The number of aromatic nitrogens is 1. The molecule has 2 aromatic heterocycles. The van der Waals surface area contributed by atoms with Crippen LogP contribution in [-0.2, 0) is 16.4 Å². The van der Waals surface area contributed by atoms with Gasteiger partial charge in [0.2, 0.25) is 10.0 Å². The molecule has 1 saturated heterocycles. The van der Waals surface area contributed by atoms with Gasteiger partial charge in [0.15, 0.2) is 0 Å². The summed E-state index contributed by atoms with van der Waals surface area (Å²) in [5, 5.41) is 3.12. The Hall–Kier alpha value is -2.16. The van der Waals surface area contributed by atoms with Crippen molar-refractivity contribution in [1.82, 2.24) is 9.29 Å². The maximum Gasteiger partial charge on any atom is 0.250 e. The SMILES string of the molecule is CCc1cc(-c2cc(C(N)=O)c3[nH]cc(C4CCN(S(=O)(=O)CC)CC4)c3c2)cs1. The van der Waals surface area contributed by atoms with E-state index in [4.69, 9.17) is 5.73 Å². The van der Waals surface area contributed by atoms with Gasteiger partial charge in [0.1, 0.15) is 0 Å². The fourth-order valence-corrected chi connectivity index (χ4v) is 6.27. The van der Waals surface area contributed by atoms with Crippen LogP contribution in [0.25, 0.3) is 22.0 Å². The molecule has 0 radical (unpaired) electrons. The van der Waals surface area contributed by atoms with Crippen LogP contribution in [0.2, 0.25) is 0 Å². The smallest absolute Gasteiger partial charge is 0.250 e. The summed E-state index contributed by atoms with van der Waals surface area (Å²) in [4.78, 5) is 16.7. The van der Waals surface area contributed by atoms with Crippen molar-refractivity contribution in [2.24, 2.45) is 5.73 Å². The number of carbonyl (C=O) groups is 1. The number of rotatable bonds is 6. The highest BCUT2D eigenvalue weighted by molar-refractivity contribution is 7.89. The molecule has 1 aromatic carbocycles. The van der Waals surface area contributed by atoms with Gasteiger partial charge >= 0.3 is 0 Å². The monoisotopic (exact) mass is 445 g/mol. The van der Waals surface area contributed by atoms with E-state index >= 15 is 0 Å². The summed E-state index contributed by atoms with van der Waals surface area (Å²) in [5.41, 5.74) is 10.2. The number of aromatic amines is 1. The number of nitrogens with zero attached hydrogens (tertiary/aromatic N) is 1. The molecule has 0 aliphatic carbocycles. The van der Waals surface area contributed by atoms with E-state index in [1.54, 1.807) is 22.6 Å². The average Bonchev–Trinajstić information content (AvgIpc) is 3.40. The minimum absolute atomic E-state index is 0.135. The molecule has 0 atom stereocenters. The number of aryl methyl sites for hydroxylation is 1. The lowest BCUT2D eigenvalue weighted by atomic mass is 9.88. The first-order valence-corrected chi connectivity index (χ1v) is 12.8. The molecule has 1 fully saturated rings. The molecule has 0 unspecified atom stereocenters. The number of fused-ring (bicyclic) bond motifs is 1. The molecule has 0 spiro atoms. The van der Waals surface area contributed by atoms with Gasteiger partial charge < -0.3 is 10.7 Å². The normalized spacial score (nSPS) is 16.3. The highest BCUT2D eigenvalue weighted by Crippen LogP contribution is 2.38. The zero-order valence-electron chi connectivity index (χ0n) is 17.3. The highest BCUT2D eigenvalue weighted by atomic mass is 32.2. The molecule has 30 heavy (non-hydrogen) atoms. The van der Waals surface area contributed by atoms with Gasteiger partial charge in [-0.25, -0.2) is 12.7 Å². The summed E-state index contributed by atoms with van der Waals surface area (Å²) < 4.78 is 25.9. The van der Waals surface area contributed by atoms with Crippen LogP contribution in [0.4, 0.5) is 0 Å². The molecular weight excluding hydrogens is 418 g/mol. The molecule has 0 bridgehead atoms. The van der Waals surface area contributed by atoms with Gasteiger partial charge in [-0.15, -0.1) is 11.3 Å². The van der Waals surface area contributed by atoms with Gasteiger partial charge in [0, 0.05) is 29.5 Å². The topological polar surface area (TPSA) is 96.3 Å². The lowest BCUT2D eigenvalue weighted by molar-refractivity contribution is 0.100. The molecule has 8 heteroatoms. The van der Waals surface area contributed by atoms with Crippen LogP contribution in [-0.4, -0.2) is 42.5 Å². The summed E-state index contributed by atoms with van der Waals surface area (Å²) in [6.07, 6.45) is 4.46. The summed E-state index contributed by atoms with van der Waals surface area (Å²) in [6, 6.07) is 6.16. The summed E-state index contributed by atoms with van der Waals surface area (Å²) in [5.74, 6) is -0.0759. The minimum atomic E-state index is -3.15. The van der Waals surface area contributed by atoms with Gasteiger partial charge in [-0.1, -0.05) is 6.92 Å². The molecule has 1 aliphatic rings. The van der Waals surface area contributed by atoms with Crippen molar-refractivity contribution < 1.29 is 13.2 Å². The molecule has 3 N–H and O–H groups in total. The first-order chi connectivity index (χ1) is 14.3. The van der Waals surface area contributed by atoms with Crippen LogP contribution in [0.3, 0.4) is 0 Å². The Labute approximate surface area is 181 Å². The fraction of sp³-hybridized carbons (Fsp3) is 0.409. The van der Waals surface area contributed by atoms with E-state index < -0.39 is 15.9 Å². The van der Waals surface area contributed by atoms with E-state index in [1.165, 1.54) is 4.88 Å². The molecule has 160 valence electrons. The third-order valence-corrected chi connectivity index (χ3v) is 9.04. The average molecular weight is 446 g/mol. The predicted octanol–water partition coefficient (Wildman–Crippen LogP) is 4.09. The molecule has 6 nitrogen and oxygen atoms in total. The Bertz CT molecular complexity index is 1190. The molecule has 3 aromatic rings. The Morgan fingerprint density at radius 1 is 1.20 bits per heavy atom. The van der Waals surface area contributed by atoms with Crippen LogP contribution in [0.15, 0.2) is 29.8 Å². The van der Waals surface area contributed by atoms with E-state index in [9.17, 15) is 13.2 Å². The number of hydrogen-bond donors (Lipinski definition) is 2. The van der Waals surface area contributed by atoms with Crippen LogP contribution in [0.5, 0.6) is 0 Å². The standard InChI is InChI=1S/C22H27N3O3S2/c1-3-17-9-16(13-29-17)15-10-18-20(12-24-21(18)19(11-15)22(23)26)14-5-7-25(8-6-14)30(27,28)4-2/h9-14,24H,3-8H2,1-2H3,(H2,23,26). The number of carbonyl (C=O) groups excluding carboxylic acids is 1. The fourth-order valence-electron chi connectivity index (χ4n) is 4.30. The number of hydrogen-bond acceptors (Lipinski definition) is 4. The second-order valence-corrected chi connectivity index (χ2v) is 11.0. The Kier molecular flexibility index (Phi) is 5.74. The second kappa shape index (κ2) is 8.17. The number of piperidine rings is 1. The molecule has 0 saturated carbocycles. The summed E-state index contributed by atoms with van der Waals surface area (Å²) in [7, 11) is -3.15. The zero-order chi connectivity index (χ0) is 21.5. The predicted molar refractivity (Wildman–Crippen MR) is 123 cm³/mol. The molecule has 1 amide bonds. The quantitative estimate of drug-likeness (QED) is 0.598. The summed E-state index contributed by atoms with van der Waals surface area (Å²) in [6.45, 7) is 4.87. The minimum Gasteiger partial charge on any atom is -0.366 e. The van der Waals surface area contributed by atoms with Crippen LogP contribution >= 0.6 is 11.3 Å². The van der Waals surface area contributed by atoms with E-state index in [2.05, 4.69) is 29.4 Å². The van der Waals surface area contributed by atoms with Crippen molar-refractivity contribution >= 4 is 38.2 Å². The van der Waals surface area contributed by atoms with Crippen molar-refractivity contribution in [2.75, 3.05) is 18.8 Å². The van der Waals surface area contributed by atoms with Crippen LogP contribution < -0.4 is 5.73 Å². The van der Waals surface area contributed by atoms with Crippen molar-refractivity contribution in [3.8, 4) is 11.1 Å². The number of amides is 1. The molecule has 4 rings (SSSR count). The zero-order valence-corrected chi connectivity index (χ0v) is 18.9. The maximum absolute atomic E-state index is 12.2. The highest BCUT2D eigenvalue weighted by Gasteiger charge is 2.29. The van der Waals surface area contributed by atoms with Gasteiger partial charge in [0.05, 0.1) is 16.8 Å². The lowest BCUT2D eigenvalue weighted by Crippen LogP contribution is -2.38. The summed E-state index contributed by atoms with van der Waals surface area (Å²) >= 11 is 1.72. The number of nitrogens with one attached hydrogen (secondary N) is 1. The maximum atomic E-state index is 12.2. The van der Waals surface area contributed by atoms with E-state index in [-0.39, 0.29) is 11.7 Å². The lowest BCUT2D eigenvalue weighted by Gasteiger charge is -2.31. The van der Waals surface area contributed by atoms with Gasteiger partial charge in [0.25, 0.3) is 5.91 Å². The Morgan fingerprint density at radius 2 is 1.93 bits per heavy atom. The largest absolute Gasteiger partial charge is 0.366 e. The molecule has 3 heterocycles.